The van der Waals surface area contributed by atoms with Gasteiger partial charge < -0.3 is 14.7 Å². The Labute approximate surface area is 108 Å². The first-order chi connectivity index (χ1) is 8.76. The molecular weight excluding hydrogens is 226 g/mol. The highest BCUT2D eigenvalue weighted by Crippen LogP contribution is 2.21. The molecule has 0 aliphatic rings. The molecule has 1 unspecified atom stereocenters. The summed E-state index contributed by atoms with van der Waals surface area (Å²) in [5.41, 5.74) is 7.36. The summed E-state index contributed by atoms with van der Waals surface area (Å²) in [4.78, 5) is 4.39. The Balaban J connectivity index is 2.11. The van der Waals surface area contributed by atoms with Crippen LogP contribution in [-0.2, 0) is 19.4 Å². The van der Waals surface area contributed by atoms with Crippen LogP contribution in [0.2, 0.25) is 0 Å². The van der Waals surface area contributed by atoms with E-state index >= 15 is 0 Å². The van der Waals surface area contributed by atoms with Crippen LogP contribution in [0.4, 0.5) is 0 Å². The maximum atomic E-state index is 6.26. The highest BCUT2D eigenvalue weighted by molar-refractivity contribution is 5.22. The molecular formula is C14H21N3O. The average Bonchev–Trinajstić information content (AvgIpc) is 2.98. The van der Waals surface area contributed by atoms with Gasteiger partial charge in [0.05, 0.1) is 6.26 Å². The predicted molar refractivity (Wildman–Crippen MR) is 71.2 cm³/mol. The molecule has 0 amide bonds. The number of nitrogens with zero attached hydrogens (tertiary/aromatic N) is 2. The molecule has 2 aromatic heterocycles. The monoisotopic (exact) mass is 247 g/mol. The van der Waals surface area contributed by atoms with Crippen molar-refractivity contribution in [3.63, 3.8) is 0 Å². The molecule has 2 N–H and O–H groups in total. The van der Waals surface area contributed by atoms with E-state index in [1.54, 1.807) is 6.26 Å². The summed E-state index contributed by atoms with van der Waals surface area (Å²) in [6.07, 6.45) is 8.30. The lowest BCUT2D eigenvalue weighted by atomic mass is 10.0. The zero-order valence-electron chi connectivity index (χ0n) is 11.1. The summed E-state index contributed by atoms with van der Waals surface area (Å²) in [6, 6.07) is 1.92. The van der Waals surface area contributed by atoms with Crippen LogP contribution in [0, 0.1) is 0 Å². The number of furan rings is 1. The van der Waals surface area contributed by atoms with Gasteiger partial charge in [0.1, 0.15) is 11.6 Å². The summed E-state index contributed by atoms with van der Waals surface area (Å²) in [6.45, 7) is 5.23. The predicted octanol–water partition coefficient (Wildman–Crippen LogP) is 2.69. The quantitative estimate of drug-likeness (QED) is 0.853. The third kappa shape index (κ3) is 2.64. The third-order valence-corrected chi connectivity index (χ3v) is 3.17. The van der Waals surface area contributed by atoms with E-state index in [0.717, 1.165) is 43.0 Å². The van der Waals surface area contributed by atoms with Crippen molar-refractivity contribution in [1.82, 2.24) is 9.55 Å². The number of rotatable bonds is 6. The highest BCUT2D eigenvalue weighted by Gasteiger charge is 2.15. The summed E-state index contributed by atoms with van der Waals surface area (Å²) in [7, 11) is 0. The van der Waals surface area contributed by atoms with Gasteiger partial charge in [0.25, 0.3) is 0 Å². The van der Waals surface area contributed by atoms with E-state index in [1.165, 1.54) is 0 Å². The van der Waals surface area contributed by atoms with Crippen molar-refractivity contribution in [2.75, 3.05) is 0 Å². The van der Waals surface area contributed by atoms with Gasteiger partial charge >= 0.3 is 0 Å². The fraction of sp³-hybridized carbons (Fsp3) is 0.500. The molecule has 0 aromatic carbocycles. The fourth-order valence-corrected chi connectivity index (χ4v) is 2.25. The number of imidazole rings is 1. The zero-order chi connectivity index (χ0) is 13.0. The van der Waals surface area contributed by atoms with Crippen LogP contribution in [0.5, 0.6) is 0 Å². The summed E-state index contributed by atoms with van der Waals surface area (Å²) in [5.74, 6) is 2.03. The number of aryl methyl sites for hydroxylation is 2. The van der Waals surface area contributed by atoms with E-state index in [2.05, 4.69) is 23.4 Å². The summed E-state index contributed by atoms with van der Waals surface area (Å²) < 4.78 is 7.60. The van der Waals surface area contributed by atoms with Gasteiger partial charge in [-0.2, -0.15) is 0 Å². The molecule has 0 fully saturated rings. The van der Waals surface area contributed by atoms with Crippen LogP contribution < -0.4 is 5.73 Å². The largest absolute Gasteiger partial charge is 0.469 e. The molecule has 0 spiro atoms. The van der Waals surface area contributed by atoms with Crippen LogP contribution >= 0.6 is 0 Å². The molecule has 18 heavy (non-hydrogen) atoms. The van der Waals surface area contributed by atoms with Crippen LogP contribution in [0.3, 0.4) is 0 Å². The van der Waals surface area contributed by atoms with Gasteiger partial charge in [0.15, 0.2) is 0 Å². The van der Waals surface area contributed by atoms with Gasteiger partial charge in [-0.25, -0.2) is 4.98 Å². The van der Waals surface area contributed by atoms with Crippen molar-refractivity contribution in [1.29, 1.82) is 0 Å². The van der Waals surface area contributed by atoms with E-state index < -0.39 is 0 Å². The topological polar surface area (TPSA) is 57.0 Å². The van der Waals surface area contributed by atoms with Gasteiger partial charge in [-0.05, 0) is 12.5 Å². The number of nitrogens with two attached hydrogens (primary N) is 1. The van der Waals surface area contributed by atoms with Crippen LogP contribution in [0.1, 0.15) is 43.5 Å². The van der Waals surface area contributed by atoms with Crippen molar-refractivity contribution >= 4 is 0 Å². The number of aromatic nitrogens is 2. The van der Waals surface area contributed by atoms with Gasteiger partial charge in [-0.3, -0.25) is 0 Å². The Morgan fingerprint density at radius 1 is 1.44 bits per heavy atom. The molecule has 2 aromatic rings. The third-order valence-electron chi connectivity index (χ3n) is 3.17. The lowest BCUT2D eigenvalue weighted by molar-refractivity contribution is 0.503. The minimum Gasteiger partial charge on any atom is -0.469 e. The Hall–Kier alpha value is -1.55. The molecule has 0 radical (unpaired) electrons. The molecule has 4 nitrogen and oxygen atoms in total. The molecule has 0 saturated heterocycles. The average molecular weight is 247 g/mol. The standard InChI is InChI=1S/C14H21N3O/c1-3-7-17-8-6-16-14(17)10-12(15)11-5-9-18-13(11)4-2/h5-6,8-9,12H,3-4,7,10,15H2,1-2H3. The van der Waals surface area contributed by atoms with Crippen molar-refractivity contribution in [2.24, 2.45) is 5.73 Å². The Morgan fingerprint density at radius 3 is 3.00 bits per heavy atom. The smallest absolute Gasteiger partial charge is 0.110 e. The molecule has 0 bridgehead atoms. The molecule has 1 atom stereocenters. The van der Waals surface area contributed by atoms with Gasteiger partial charge in [0, 0.05) is 43.4 Å². The maximum absolute atomic E-state index is 6.26. The van der Waals surface area contributed by atoms with E-state index in [0.29, 0.717) is 0 Å². The maximum Gasteiger partial charge on any atom is 0.110 e. The van der Waals surface area contributed by atoms with Crippen molar-refractivity contribution in [2.45, 2.75) is 45.7 Å². The second-order valence-corrected chi connectivity index (χ2v) is 4.50. The summed E-state index contributed by atoms with van der Waals surface area (Å²) >= 11 is 0. The molecule has 2 heterocycles. The Kier molecular flexibility index (Phi) is 4.20. The molecule has 0 aliphatic carbocycles. The zero-order valence-corrected chi connectivity index (χ0v) is 11.1. The second kappa shape index (κ2) is 5.87. The minimum absolute atomic E-state index is 0.0447. The first kappa shape index (κ1) is 12.9. The fourth-order valence-electron chi connectivity index (χ4n) is 2.25. The van der Waals surface area contributed by atoms with Crippen LogP contribution in [0.15, 0.2) is 29.1 Å². The molecule has 2 rings (SSSR count). The van der Waals surface area contributed by atoms with Gasteiger partial charge in [-0.1, -0.05) is 13.8 Å². The lowest BCUT2D eigenvalue weighted by Crippen LogP contribution is -2.17. The first-order valence-electron chi connectivity index (χ1n) is 6.58. The van der Waals surface area contributed by atoms with Gasteiger partial charge in [-0.15, -0.1) is 0 Å². The first-order valence-corrected chi connectivity index (χ1v) is 6.58. The SMILES string of the molecule is CCCn1ccnc1CC(N)c1ccoc1CC. The summed E-state index contributed by atoms with van der Waals surface area (Å²) in [5, 5.41) is 0. The number of hydrogen-bond donors (Lipinski definition) is 1. The van der Waals surface area contributed by atoms with Crippen LogP contribution in [-0.4, -0.2) is 9.55 Å². The normalized spacial score (nSPS) is 12.8. The van der Waals surface area contributed by atoms with Crippen molar-refractivity contribution < 1.29 is 4.42 Å². The van der Waals surface area contributed by atoms with Gasteiger partial charge in [0.2, 0.25) is 0 Å². The number of hydrogen-bond acceptors (Lipinski definition) is 3. The van der Waals surface area contributed by atoms with Crippen molar-refractivity contribution in [3.05, 3.63) is 41.9 Å². The van der Waals surface area contributed by atoms with E-state index in [4.69, 9.17) is 10.2 Å². The molecule has 4 heteroatoms. The Bertz CT molecular complexity index is 487. The van der Waals surface area contributed by atoms with E-state index in [9.17, 15) is 0 Å². The molecule has 98 valence electrons. The van der Waals surface area contributed by atoms with E-state index in [-0.39, 0.29) is 6.04 Å². The minimum atomic E-state index is -0.0447. The second-order valence-electron chi connectivity index (χ2n) is 4.50. The molecule has 0 aliphatic heterocycles. The van der Waals surface area contributed by atoms with Crippen molar-refractivity contribution in [3.8, 4) is 0 Å². The van der Waals surface area contributed by atoms with E-state index in [1.807, 2.05) is 18.5 Å². The van der Waals surface area contributed by atoms with Crippen LogP contribution in [0.25, 0.3) is 0 Å². The highest BCUT2D eigenvalue weighted by atomic mass is 16.3. The lowest BCUT2D eigenvalue weighted by Gasteiger charge is -2.12. The molecule has 0 saturated carbocycles. The Morgan fingerprint density at radius 2 is 2.28 bits per heavy atom.